The molecule has 0 bridgehead atoms. The van der Waals surface area contributed by atoms with E-state index in [1.54, 1.807) is 29.1 Å². The number of hydrogen-bond acceptors (Lipinski definition) is 4. The maximum atomic E-state index is 13.5. The highest BCUT2D eigenvalue weighted by molar-refractivity contribution is 5.76. The van der Waals surface area contributed by atoms with E-state index >= 15 is 0 Å². The Morgan fingerprint density at radius 2 is 1.93 bits per heavy atom. The normalized spacial score (nSPS) is 13.0. The Kier molecular flexibility index (Phi) is 4.56. The van der Waals surface area contributed by atoms with Crippen LogP contribution in [0.15, 0.2) is 53.8 Å². The molecule has 0 saturated carbocycles. The lowest BCUT2D eigenvalue weighted by Gasteiger charge is -2.12. The molecule has 4 aromatic rings. The van der Waals surface area contributed by atoms with Gasteiger partial charge in [0.25, 0.3) is 0 Å². The van der Waals surface area contributed by atoms with Crippen molar-refractivity contribution in [2.45, 2.75) is 19.0 Å². The van der Waals surface area contributed by atoms with Crippen molar-refractivity contribution in [1.82, 2.24) is 23.7 Å². The van der Waals surface area contributed by atoms with Crippen LogP contribution in [0.4, 0.5) is 13.2 Å². The summed E-state index contributed by atoms with van der Waals surface area (Å²) < 4.78 is 44.2. The van der Waals surface area contributed by atoms with Crippen LogP contribution in [0.3, 0.4) is 0 Å². The second kappa shape index (κ2) is 6.97. The van der Waals surface area contributed by atoms with Crippen molar-refractivity contribution in [3.8, 4) is 5.69 Å². The third-order valence-corrected chi connectivity index (χ3v) is 5.01. The molecule has 1 aromatic carbocycles. The summed E-state index contributed by atoms with van der Waals surface area (Å²) in [5.74, 6) is 0.550. The van der Waals surface area contributed by atoms with Gasteiger partial charge in [0.2, 0.25) is 0 Å². The molecule has 0 amide bonds. The number of aromatic nitrogens is 5. The minimum Gasteiger partial charge on any atom is -0.320 e. The molecule has 0 saturated heterocycles. The quantitative estimate of drug-likeness (QED) is 0.480. The van der Waals surface area contributed by atoms with Gasteiger partial charge in [0.1, 0.15) is 12.2 Å². The summed E-state index contributed by atoms with van der Waals surface area (Å²) in [7, 11) is 1.81. The monoisotopic (exact) mass is 415 g/mol. The number of carbonyl (C=O) groups excluding carboxylic acids is 1. The summed E-state index contributed by atoms with van der Waals surface area (Å²) in [6, 6.07) is 7.64. The minimum absolute atomic E-state index is 0.155. The zero-order chi connectivity index (χ0) is 21.6. The maximum absolute atomic E-state index is 13.5. The molecule has 0 aliphatic carbocycles. The van der Waals surface area contributed by atoms with E-state index in [4.69, 9.17) is 0 Å². The van der Waals surface area contributed by atoms with Gasteiger partial charge in [-0.05, 0) is 23.8 Å². The van der Waals surface area contributed by atoms with Crippen LogP contribution in [0.1, 0.15) is 40.2 Å². The fraction of sp³-hybridized carbons (Fsp3) is 0.200. The molecule has 0 spiro atoms. The maximum Gasteiger partial charge on any atom is 0.418 e. The Morgan fingerprint density at radius 1 is 1.17 bits per heavy atom. The van der Waals surface area contributed by atoms with Crippen molar-refractivity contribution in [2.24, 2.45) is 7.05 Å². The van der Waals surface area contributed by atoms with E-state index in [9.17, 15) is 22.8 Å². The molecule has 10 heteroatoms. The number of nitrogens with zero attached hydrogens (tertiary/aromatic N) is 5. The first-order valence-corrected chi connectivity index (χ1v) is 8.95. The number of carbonyl (C=O) groups is 1. The average Bonchev–Trinajstić information content (AvgIpc) is 3.29. The smallest absolute Gasteiger partial charge is 0.320 e. The number of benzene rings is 1. The Balaban J connectivity index is 1.89. The van der Waals surface area contributed by atoms with E-state index in [1.807, 2.05) is 20.0 Å². The van der Waals surface area contributed by atoms with Gasteiger partial charge in [-0.15, -0.1) is 10.2 Å². The Labute approximate surface area is 168 Å². The summed E-state index contributed by atoms with van der Waals surface area (Å²) in [6.07, 6.45) is -0.635. The highest BCUT2D eigenvalue weighted by Crippen LogP contribution is 2.33. The highest BCUT2D eigenvalue weighted by Gasteiger charge is 2.34. The van der Waals surface area contributed by atoms with Gasteiger partial charge < -0.3 is 4.57 Å². The SMILES string of the molecule is C[C@H](c1cccc(-n2cc3c(C(F)(F)F)cc(C=O)cn3c2=O)c1)c1nncn1C. The predicted molar refractivity (Wildman–Crippen MR) is 102 cm³/mol. The number of aldehydes is 1. The van der Waals surface area contributed by atoms with Crippen LogP contribution >= 0.6 is 0 Å². The summed E-state index contributed by atoms with van der Waals surface area (Å²) in [5, 5.41) is 7.95. The van der Waals surface area contributed by atoms with Crippen molar-refractivity contribution in [1.29, 1.82) is 0 Å². The molecule has 1 atom stereocenters. The van der Waals surface area contributed by atoms with Gasteiger partial charge >= 0.3 is 11.9 Å². The van der Waals surface area contributed by atoms with Crippen molar-refractivity contribution in [2.75, 3.05) is 0 Å². The Bertz CT molecular complexity index is 1320. The van der Waals surface area contributed by atoms with Crippen LogP contribution < -0.4 is 5.69 Å². The number of imidazole rings is 1. The molecule has 154 valence electrons. The van der Waals surface area contributed by atoms with Crippen molar-refractivity contribution in [3.05, 3.63) is 82.1 Å². The summed E-state index contributed by atoms with van der Waals surface area (Å²) in [4.78, 5) is 23.9. The van der Waals surface area contributed by atoms with Crippen LogP contribution in [-0.2, 0) is 13.2 Å². The van der Waals surface area contributed by atoms with E-state index in [0.717, 1.165) is 33.0 Å². The van der Waals surface area contributed by atoms with Gasteiger partial charge in [-0.25, -0.2) is 4.79 Å². The number of pyridine rings is 1. The fourth-order valence-electron chi connectivity index (χ4n) is 3.46. The molecule has 0 aliphatic rings. The standard InChI is InChI=1S/C20H16F3N5O2/c1-12(18-25-24-11-26(18)2)14-4-3-5-15(7-14)27-9-17-16(20(21,22)23)6-13(10-29)8-28(17)19(27)30/h3-12H,1-2H3/t12-/m1/s1. The summed E-state index contributed by atoms with van der Waals surface area (Å²) in [6.45, 7) is 1.92. The van der Waals surface area contributed by atoms with E-state index < -0.39 is 17.4 Å². The number of fused-ring (bicyclic) bond motifs is 1. The van der Waals surface area contributed by atoms with Crippen LogP contribution in [0.25, 0.3) is 11.2 Å². The van der Waals surface area contributed by atoms with Crippen molar-refractivity contribution in [3.63, 3.8) is 0 Å². The molecule has 30 heavy (non-hydrogen) atoms. The predicted octanol–water partition coefficient (Wildman–Crippen LogP) is 3.20. The molecule has 7 nitrogen and oxygen atoms in total. The molecule has 0 unspecified atom stereocenters. The van der Waals surface area contributed by atoms with Gasteiger partial charge in [0.05, 0.1) is 16.8 Å². The Hall–Kier alpha value is -3.69. The van der Waals surface area contributed by atoms with Gasteiger partial charge in [-0.3, -0.25) is 13.8 Å². The van der Waals surface area contributed by atoms with Gasteiger partial charge in [-0.2, -0.15) is 13.2 Å². The van der Waals surface area contributed by atoms with Crippen LogP contribution in [-0.4, -0.2) is 30.0 Å². The number of halogens is 3. The van der Waals surface area contributed by atoms with Gasteiger partial charge in [0, 0.05) is 30.9 Å². The molecule has 0 N–H and O–H groups in total. The fourth-order valence-corrected chi connectivity index (χ4v) is 3.46. The Morgan fingerprint density at radius 3 is 2.57 bits per heavy atom. The van der Waals surface area contributed by atoms with Crippen LogP contribution in [0, 0.1) is 0 Å². The van der Waals surface area contributed by atoms with E-state index in [-0.39, 0.29) is 23.3 Å². The number of alkyl halides is 3. The third kappa shape index (κ3) is 3.19. The first kappa shape index (κ1) is 19.6. The lowest BCUT2D eigenvalue weighted by molar-refractivity contribution is -0.136. The molecule has 0 radical (unpaired) electrons. The number of rotatable bonds is 4. The highest BCUT2D eigenvalue weighted by atomic mass is 19.4. The van der Waals surface area contributed by atoms with Crippen molar-refractivity contribution >= 4 is 11.8 Å². The lowest BCUT2D eigenvalue weighted by Crippen LogP contribution is -2.19. The molecular formula is C20H16F3N5O2. The molecule has 0 fully saturated rings. The zero-order valence-corrected chi connectivity index (χ0v) is 16.0. The minimum atomic E-state index is -4.72. The summed E-state index contributed by atoms with van der Waals surface area (Å²) in [5.41, 5.74) is -1.11. The average molecular weight is 415 g/mol. The second-order valence-electron chi connectivity index (χ2n) is 6.96. The van der Waals surface area contributed by atoms with Gasteiger partial charge in [-0.1, -0.05) is 19.1 Å². The summed E-state index contributed by atoms with van der Waals surface area (Å²) >= 11 is 0. The first-order chi connectivity index (χ1) is 14.2. The van der Waals surface area contributed by atoms with Gasteiger partial charge in [0.15, 0.2) is 6.29 Å². The largest absolute Gasteiger partial charge is 0.418 e. The van der Waals surface area contributed by atoms with Crippen LogP contribution in [0.2, 0.25) is 0 Å². The lowest BCUT2D eigenvalue weighted by atomic mass is 10.00. The van der Waals surface area contributed by atoms with E-state index in [2.05, 4.69) is 10.2 Å². The van der Waals surface area contributed by atoms with E-state index in [1.165, 1.54) is 0 Å². The second-order valence-corrected chi connectivity index (χ2v) is 6.96. The number of hydrogen-bond donors (Lipinski definition) is 0. The van der Waals surface area contributed by atoms with Crippen LogP contribution in [0.5, 0.6) is 0 Å². The first-order valence-electron chi connectivity index (χ1n) is 8.95. The molecule has 3 aromatic heterocycles. The molecular weight excluding hydrogens is 399 g/mol. The third-order valence-electron chi connectivity index (χ3n) is 5.01. The van der Waals surface area contributed by atoms with Crippen molar-refractivity contribution < 1.29 is 18.0 Å². The van der Waals surface area contributed by atoms with E-state index in [0.29, 0.717) is 11.5 Å². The molecule has 4 rings (SSSR count). The zero-order valence-electron chi connectivity index (χ0n) is 16.0. The molecule has 0 aliphatic heterocycles. The number of aryl methyl sites for hydroxylation is 1. The molecule has 3 heterocycles. The topological polar surface area (TPSA) is 74.2 Å².